The van der Waals surface area contributed by atoms with Gasteiger partial charge in [-0.1, -0.05) is 12.1 Å². The lowest BCUT2D eigenvalue weighted by atomic mass is 10.2. The highest BCUT2D eigenvalue weighted by atomic mass is 19.1. The summed E-state index contributed by atoms with van der Waals surface area (Å²) in [6.07, 6.45) is 0.244. The Kier molecular flexibility index (Phi) is 4.02. The predicted octanol–water partition coefficient (Wildman–Crippen LogP) is 2.93. The van der Waals surface area contributed by atoms with Crippen LogP contribution < -0.4 is 4.90 Å². The van der Waals surface area contributed by atoms with E-state index in [1.54, 1.807) is 30.1 Å². The Labute approximate surface area is 154 Å². The monoisotopic (exact) mass is 368 g/mol. The molecule has 1 atom stereocenters. The van der Waals surface area contributed by atoms with Crippen LogP contribution in [0.15, 0.2) is 48.8 Å². The number of fused-ring (bicyclic) bond motifs is 1. The minimum absolute atomic E-state index is 0.141. The second kappa shape index (κ2) is 6.39. The predicted molar refractivity (Wildman–Crippen MR) is 97.1 cm³/mol. The van der Waals surface area contributed by atoms with Crippen molar-refractivity contribution < 1.29 is 18.7 Å². The van der Waals surface area contributed by atoms with Gasteiger partial charge in [-0.15, -0.1) is 0 Å². The zero-order chi connectivity index (χ0) is 19.1. The summed E-state index contributed by atoms with van der Waals surface area (Å²) in [7, 11) is 1.55. The number of ether oxygens (including phenoxy) is 1. The lowest BCUT2D eigenvalue weighted by molar-refractivity contribution is -0.134. The van der Waals surface area contributed by atoms with Crippen molar-refractivity contribution in [3.05, 3.63) is 54.6 Å². The molecule has 1 fully saturated rings. The summed E-state index contributed by atoms with van der Waals surface area (Å²) in [6.45, 7) is 1.53. The molecule has 7 nitrogen and oxygen atoms in total. The molecule has 8 heteroatoms. The van der Waals surface area contributed by atoms with Crippen molar-refractivity contribution in [3.63, 3.8) is 0 Å². The number of halogens is 1. The number of nitrogens with zero attached hydrogens (tertiary/aromatic N) is 4. The molecule has 1 unspecified atom stereocenters. The third-order valence-corrected chi connectivity index (χ3v) is 4.68. The average molecular weight is 368 g/mol. The molecule has 2 aromatic carbocycles. The van der Waals surface area contributed by atoms with Crippen LogP contribution in [0.5, 0.6) is 0 Å². The van der Waals surface area contributed by atoms with Crippen molar-refractivity contribution in [3.8, 4) is 5.69 Å². The summed E-state index contributed by atoms with van der Waals surface area (Å²) in [5.41, 5.74) is 2.25. The Bertz CT molecular complexity index is 1050. The maximum atomic E-state index is 14.8. The molecule has 1 aliphatic rings. The molecule has 0 bridgehead atoms. The number of aromatic nitrogens is 2. The first-order chi connectivity index (χ1) is 13.0. The number of amides is 2. The number of hydrogen-bond acceptors (Lipinski definition) is 4. The molecular formula is C19H17FN4O3. The molecular weight excluding hydrogens is 351 g/mol. The van der Waals surface area contributed by atoms with Gasteiger partial charge < -0.3 is 9.64 Å². The van der Waals surface area contributed by atoms with Gasteiger partial charge in [-0.3, -0.25) is 14.3 Å². The molecule has 27 heavy (non-hydrogen) atoms. The highest BCUT2D eigenvalue weighted by molar-refractivity contribution is 5.90. The van der Waals surface area contributed by atoms with E-state index < -0.39 is 18.1 Å². The Morgan fingerprint density at radius 2 is 2.07 bits per heavy atom. The number of carbonyl (C=O) groups is 2. The molecule has 1 aromatic heterocycles. The van der Waals surface area contributed by atoms with Crippen molar-refractivity contribution in [1.82, 2.24) is 14.5 Å². The molecule has 3 aromatic rings. The number of para-hydroxylation sites is 2. The van der Waals surface area contributed by atoms with Crippen LogP contribution in [0.4, 0.5) is 14.9 Å². The van der Waals surface area contributed by atoms with Gasteiger partial charge in [-0.05, 0) is 30.3 Å². The summed E-state index contributed by atoms with van der Waals surface area (Å²) in [5, 5.41) is 0. The fourth-order valence-electron chi connectivity index (χ4n) is 3.07. The summed E-state index contributed by atoms with van der Waals surface area (Å²) in [5.74, 6) is -0.713. The van der Waals surface area contributed by atoms with Gasteiger partial charge in [-0.25, -0.2) is 14.2 Å². The van der Waals surface area contributed by atoms with E-state index in [4.69, 9.17) is 4.74 Å². The van der Waals surface area contributed by atoms with E-state index in [1.807, 2.05) is 24.3 Å². The molecule has 2 amide bonds. The van der Waals surface area contributed by atoms with Crippen LogP contribution in [0.2, 0.25) is 0 Å². The second-order valence-electron chi connectivity index (χ2n) is 6.32. The number of hydrogen-bond donors (Lipinski definition) is 0. The van der Waals surface area contributed by atoms with Crippen molar-refractivity contribution in [2.45, 2.75) is 13.2 Å². The molecule has 0 radical (unpaired) electrons. The first kappa shape index (κ1) is 17.0. The van der Waals surface area contributed by atoms with Crippen LogP contribution >= 0.6 is 0 Å². The standard InChI is InChI=1S/C19H17FN4O3/c1-12(25)22(2)18-10-23(19(26)27-18)13-7-8-16(14(20)9-13)24-11-21-15-5-3-4-6-17(15)24/h3-9,11,18H,10H2,1-2H3. The van der Waals surface area contributed by atoms with E-state index in [-0.39, 0.29) is 12.5 Å². The minimum Gasteiger partial charge on any atom is -0.423 e. The van der Waals surface area contributed by atoms with Crippen LogP contribution in [0, 0.1) is 5.82 Å². The van der Waals surface area contributed by atoms with Crippen LogP contribution in [0.3, 0.4) is 0 Å². The number of carbonyl (C=O) groups excluding carboxylic acids is 2. The van der Waals surface area contributed by atoms with E-state index in [9.17, 15) is 14.0 Å². The van der Waals surface area contributed by atoms with Gasteiger partial charge in [0, 0.05) is 14.0 Å². The second-order valence-corrected chi connectivity index (χ2v) is 6.32. The SMILES string of the molecule is CC(=O)N(C)C1CN(c2ccc(-n3cnc4ccccc43)c(F)c2)C(=O)O1. The van der Waals surface area contributed by atoms with Crippen LogP contribution in [-0.2, 0) is 9.53 Å². The van der Waals surface area contributed by atoms with Crippen molar-refractivity contribution in [1.29, 1.82) is 0 Å². The zero-order valence-corrected chi connectivity index (χ0v) is 14.8. The molecule has 0 aliphatic carbocycles. The maximum Gasteiger partial charge on any atom is 0.416 e. The largest absolute Gasteiger partial charge is 0.423 e. The summed E-state index contributed by atoms with van der Waals surface area (Å²) < 4.78 is 21.7. The van der Waals surface area contributed by atoms with E-state index in [0.29, 0.717) is 11.4 Å². The van der Waals surface area contributed by atoms with Crippen LogP contribution in [0.1, 0.15) is 6.92 Å². The number of anilines is 1. The number of rotatable bonds is 3. The topological polar surface area (TPSA) is 67.7 Å². The van der Waals surface area contributed by atoms with Crippen molar-refractivity contribution in [2.75, 3.05) is 18.5 Å². The fraction of sp³-hybridized carbons (Fsp3) is 0.211. The lowest BCUT2D eigenvalue weighted by Crippen LogP contribution is -2.38. The normalized spacial score (nSPS) is 16.6. The maximum absolute atomic E-state index is 14.8. The highest BCUT2D eigenvalue weighted by Gasteiger charge is 2.36. The number of likely N-dealkylation sites (N-methyl/N-ethyl adjacent to an activating group) is 1. The Morgan fingerprint density at radius 1 is 1.30 bits per heavy atom. The summed E-state index contributed by atoms with van der Waals surface area (Å²) in [4.78, 5) is 30.5. The minimum atomic E-state index is -0.699. The zero-order valence-electron chi connectivity index (χ0n) is 14.8. The van der Waals surface area contributed by atoms with Gasteiger partial charge in [0.2, 0.25) is 5.91 Å². The first-order valence-electron chi connectivity index (χ1n) is 8.39. The molecule has 0 saturated carbocycles. The molecule has 0 spiro atoms. The van der Waals surface area contributed by atoms with Crippen LogP contribution in [-0.4, -0.2) is 46.3 Å². The first-order valence-corrected chi connectivity index (χ1v) is 8.39. The van der Waals surface area contributed by atoms with Gasteiger partial charge in [0.25, 0.3) is 0 Å². The molecule has 1 aliphatic heterocycles. The van der Waals surface area contributed by atoms with Crippen molar-refractivity contribution >= 4 is 28.7 Å². The molecule has 4 rings (SSSR count). The summed E-state index contributed by atoms with van der Waals surface area (Å²) in [6, 6.07) is 11.9. The molecule has 0 N–H and O–H groups in total. The van der Waals surface area contributed by atoms with Gasteiger partial charge >= 0.3 is 6.09 Å². The Morgan fingerprint density at radius 3 is 2.81 bits per heavy atom. The Hall–Kier alpha value is -3.42. The van der Waals surface area contributed by atoms with Crippen molar-refractivity contribution in [2.24, 2.45) is 0 Å². The lowest BCUT2D eigenvalue weighted by Gasteiger charge is -2.20. The van der Waals surface area contributed by atoms with E-state index in [0.717, 1.165) is 11.0 Å². The van der Waals surface area contributed by atoms with E-state index in [1.165, 1.54) is 22.8 Å². The van der Waals surface area contributed by atoms with E-state index >= 15 is 0 Å². The third-order valence-electron chi connectivity index (χ3n) is 4.68. The molecule has 2 heterocycles. The highest BCUT2D eigenvalue weighted by Crippen LogP contribution is 2.27. The third kappa shape index (κ3) is 2.88. The number of cyclic esters (lactones) is 1. The van der Waals surface area contributed by atoms with Crippen LogP contribution in [0.25, 0.3) is 16.7 Å². The fourth-order valence-corrected chi connectivity index (χ4v) is 3.07. The van der Waals surface area contributed by atoms with Gasteiger partial charge in [0.05, 0.1) is 29.0 Å². The Balaban J connectivity index is 1.64. The van der Waals surface area contributed by atoms with E-state index in [2.05, 4.69) is 4.98 Å². The number of benzene rings is 2. The average Bonchev–Trinajstić information content (AvgIpc) is 3.24. The van der Waals surface area contributed by atoms with Gasteiger partial charge in [-0.2, -0.15) is 0 Å². The van der Waals surface area contributed by atoms with Gasteiger partial charge in [0.1, 0.15) is 12.1 Å². The van der Waals surface area contributed by atoms with Gasteiger partial charge in [0.15, 0.2) is 6.23 Å². The quantitative estimate of drug-likeness (QED) is 0.713. The molecule has 138 valence electrons. The molecule has 1 saturated heterocycles. The number of imidazole rings is 1. The smallest absolute Gasteiger partial charge is 0.416 e. The summed E-state index contributed by atoms with van der Waals surface area (Å²) >= 11 is 0.